The Hall–Kier alpha value is -2.55. The van der Waals surface area contributed by atoms with Crippen LogP contribution in [0.2, 0.25) is 5.02 Å². The number of amides is 2. The van der Waals surface area contributed by atoms with E-state index >= 15 is 0 Å². The number of ether oxygens (including phenoxy) is 2. The van der Waals surface area contributed by atoms with Crippen molar-refractivity contribution >= 4 is 63.5 Å². The van der Waals surface area contributed by atoms with E-state index in [-0.39, 0.29) is 18.4 Å². The molecular weight excluding hydrogens is 432 g/mol. The fourth-order valence-corrected chi connectivity index (χ4v) is 3.68. The third-order valence-electron chi connectivity index (χ3n) is 3.71. The lowest BCUT2D eigenvalue weighted by Gasteiger charge is -2.11. The van der Waals surface area contributed by atoms with E-state index < -0.39 is 0 Å². The van der Waals surface area contributed by atoms with Crippen molar-refractivity contribution in [3.8, 4) is 11.5 Å². The molecule has 150 valence electrons. The highest BCUT2D eigenvalue weighted by molar-refractivity contribution is 8.26. The van der Waals surface area contributed by atoms with E-state index in [4.69, 9.17) is 33.3 Å². The molecule has 3 rings (SSSR count). The molecule has 0 aromatic heterocycles. The molecule has 1 aliphatic rings. The number of hydrogen-bond acceptors (Lipinski definition) is 6. The van der Waals surface area contributed by atoms with Crippen LogP contribution in [-0.4, -0.2) is 29.3 Å². The first kappa shape index (κ1) is 21.2. The average molecular weight is 449 g/mol. The lowest BCUT2D eigenvalue weighted by atomic mass is 10.2. The van der Waals surface area contributed by atoms with Crippen LogP contribution in [-0.2, 0) is 9.59 Å². The molecule has 1 fully saturated rings. The Kier molecular flexibility index (Phi) is 7.13. The summed E-state index contributed by atoms with van der Waals surface area (Å²) < 4.78 is 11.4. The lowest BCUT2D eigenvalue weighted by Crippen LogP contribution is -2.20. The molecule has 1 saturated heterocycles. The van der Waals surface area contributed by atoms with Crippen LogP contribution in [0.1, 0.15) is 12.5 Å². The maximum atomic E-state index is 12.2. The van der Waals surface area contributed by atoms with Crippen LogP contribution in [0.15, 0.2) is 47.4 Å². The van der Waals surface area contributed by atoms with Crippen LogP contribution in [0.25, 0.3) is 6.08 Å². The summed E-state index contributed by atoms with van der Waals surface area (Å²) in [7, 11) is 0. The highest BCUT2D eigenvalue weighted by Crippen LogP contribution is 2.31. The first-order chi connectivity index (χ1) is 13.9. The van der Waals surface area contributed by atoms with Crippen molar-refractivity contribution < 1.29 is 19.1 Å². The number of carbonyl (C=O) groups excluding carboxylic acids is 2. The molecule has 0 saturated carbocycles. The molecule has 2 aromatic carbocycles. The van der Waals surface area contributed by atoms with Gasteiger partial charge in [0.2, 0.25) is 0 Å². The lowest BCUT2D eigenvalue weighted by molar-refractivity contribution is -0.118. The average Bonchev–Trinajstić information content (AvgIpc) is 3.00. The van der Waals surface area contributed by atoms with Crippen LogP contribution in [0.5, 0.6) is 11.5 Å². The Morgan fingerprint density at radius 2 is 2.00 bits per heavy atom. The largest absolute Gasteiger partial charge is 0.494 e. The molecule has 0 atom stereocenters. The molecule has 2 amide bonds. The SMILES string of the molecule is CCOc1ccc(NC(=O)COc2ccc(Cl)cc2/C=C2\SC(=S)NC2=O)cc1. The first-order valence-electron chi connectivity index (χ1n) is 8.64. The zero-order valence-electron chi connectivity index (χ0n) is 15.4. The minimum absolute atomic E-state index is 0.206. The predicted molar refractivity (Wildman–Crippen MR) is 119 cm³/mol. The van der Waals surface area contributed by atoms with Gasteiger partial charge in [-0.1, -0.05) is 35.6 Å². The maximum absolute atomic E-state index is 12.2. The zero-order chi connectivity index (χ0) is 20.8. The molecule has 29 heavy (non-hydrogen) atoms. The molecule has 1 aliphatic heterocycles. The summed E-state index contributed by atoms with van der Waals surface area (Å²) in [4.78, 5) is 24.5. The van der Waals surface area contributed by atoms with Gasteiger partial charge in [-0.25, -0.2) is 0 Å². The van der Waals surface area contributed by atoms with E-state index in [1.807, 2.05) is 6.92 Å². The fraction of sp³-hybridized carbons (Fsp3) is 0.150. The van der Waals surface area contributed by atoms with E-state index in [0.29, 0.717) is 37.9 Å². The van der Waals surface area contributed by atoms with E-state index in [1.54, 1.807) is 48.5 Å². The summed E-state index contributed by atoms with van der Waals surface area (Å²) >= 11 is 12.2. The van der Waals surface area contributed by atoms with Gasteiger partial charge in [0.15, 0.2) is 6.61 Å². The van der Waals surface area contributed by atoms with Gasteiger partial charge in [0.1, 0.15) is 15.8 Å². The normalized spacial score (nSPS) is 14.6. The van der Waals surface area contributed by atoms with Crippen LogP contribution in [0, 0.1) is 0 Å². The minimum Gasteiger partial charge on any atom is -0.494 e. The van der Waals surface area contributed by atoms with E-state index in [9.17, 15) is 9.59 Å². The number of rotatable bonds is 7. The van der Waals surface area contributed by atoms with Gasteiger partial charge in [-0.05, 0) is 55.5 Å². The highest BCUT2D eigenvalue weighted by atomic mass is 35.5. The number of thioether (sulfide) groups is 1. The van der Waals surface area contributed by atoms with Gasteiger partial charge in [-0.15, -0.1) is 0 Å². The number of thiocarbonyl (C=S) groups is 1. The molecule has 2 aromatic rings. The predicted octanol–water partition coefficient (Wildman–Crippen LogP) is 4.25. The van der Waals surface area contributed by atoms with Crippen molar-refractivity contribution in [2.24, 2.45) is 0 Å². The molecule has 9 heteroatoms. The molecule has 0 spiro atoms. The monoisotopic (exact) mass is 448 g/mol. The molecule has 0 radical (unpaired) electrons. The van der Waals surface area contributed by atoms with Gasteiger partial charge >= 0.3 is 0 Å². The maximum Gasteiger partial charge on any atom is 0.263 e. The second kappa shape index (κ2) is 9.78. The summed E-state index contributed by atoms with van der Waals surface area (Å²) in [6.07, 6.45) is 1.63. The fourth-order valence-electron chi connectivity index (χ4n) is 2.47. The second-order valence-corrected chi connectivity index (χ2v) is 7.98. The molecule has 0 unspecified atom stereocenters. The van der Waals surface area contributed by atoms with Gasteiger partial charge in [0, 0.05) is 16.3 Å². The number of carbonyl (C=O) groups is 2. The van der Waals surface area contributed by atoms with Gasteiger partial charge in [0.05, 0.1) is 11.5 Å². The minimum atomic E-state index is -0.322. The van der Waals surface area contributed by atoms with Crippen molar-refractivity contribution in [3.63, 3.8) is 0 Å². The van der Waals surface area contributed by atoms with Gasteiger partial charge in [0.25, 0.3) is 11.8 Å². The quantitative estimate of drug-likeness (QED) is 0.487. The molecule has 0 aliphatic carbocycles. The van der Waals surface area contributed by atoms with E-state index in [0.717, 1.165) is 17.5 Å². The summed E-state index contributed by atoms with van der Waals surface area (Å²) in [5.41, 5.74) is 1.21. The zero-order valence-corrected chi connectivity index (χ0v) is 17.7. The summed E-state index contributed by atoms with van der Waals surface area (Å²) in [6, 6.07) is 12.0. The second-order valence-electron chi connectivity index (χ2n) is 5.83. The first-order valence-corrected chi connectivity index (χ1v) is 10.2. The van der Waals surface area contributed by atoms with Gasteiger partial charge in [-0.3, -0.25) is 9.59 Å². The van der Waals surface area contributed by atoms with Crippen molar-refractivity contribution in [1.29, 1.82) is 0 Å². The number of anilines is 1. The highest BCUT2D eigenvalue weighted by Gasteiger charge is 2.22. The van der Waals surface area contributed by atoms with Gasteiger partial charge < -0.3 is 20.1 Å². The number of nitrogens with one attached hydrogen (secondary N) is 2. The molecule has 1 heterocycles. The standard InChI is InChI=1S/C20H17ClN2O4S2/c1-2-26-15-6-4-14(5-7-15)22-18(24)11-27-16-8-3-13(21)9-12(16)10-17-19(25)23-20(28)29-17/h3-10H,2,11H2,1H3,(H,22,24)(H,23,25,28)/b17-10-. The van der Waals surface area contributed by atoms with Crippen molar-refractivity contribution in [2.75, 3.05) is 18.5 Å². The summed E-state index contributed by atoms with van der Waals surface area (Å²) in [6.45, 7) is 2.27. The van der Waals surface area contributed by atoms with Gasteiger partial charge in [-0.2, -0.15) is 0 Å². The van der Waals surface area contributed by atoms with Crippen LogP contribution in [0.4, 0.5) is 5.69 Å². The van der Waals surface area contributed by atoms with E-state index in [1.165, 1.54) is 0 Å². The smallest absolute Gasteiger partial charge is 0.263 e. The third-order valence-corrected chi connectivity index (χ3v) is 5.11. The Labute approximate surface area is 182 Å². The molecule has 2 N–H and O–H groups in total. The Balaban J connectivity index is 1.65. The summed E-state index contributed by atoms with van der Waals surface area (Å²) in [5.74, 6) is 0.555. The number of benzene rings is 2. The number of hydrogen-bond donors (Lipinski definition) is 2. The Morgan fingerprint density at radius 3 is 2.66 bits per heavy atom. The van der Waals surface area contributed by atoms with Crippen molar-refractivity contribution in [3.05, 3.63) is 58.0 Å². The van der Waals surface area contributed by atoms with Crippen molar-refractivity contribution in [1.82, 2.24) is 5.32 Å². The molecule has 0 bridgehead atoms. The molecule has 6 nitrogen and oxygen atoms in total. The van der Waals surface area contributed by atoms with Crippen LogP contribution >= 0.6 is 35.6 Å². The van der Waals surface area contributed by atoms with E-state index in [2.05, 4.69) is 10.6 Å². The number of halogens is 1. The topological polar surface area (TPSA) is 76.7 Å². The molecular formula is C20H17ClN2O4S2. The van der Waals surface area contributed by atoms with Crippen molar-refractivity contribution in [2.45, 2.75) is 6.92 Å². The Bertz CT molecular complexity index is 977. The van der Waals surface area contributed by atoms with Crippen LogP contribution < -0.4 is 20.1 Å². The Morgan fingerprint density at radius 1 is 1.24 bits per heavy atom. The van der Waals surface area contributed by atoms with Crippen LogP contribution in [0.3, 0.4) is 0 Å². The summed E-state index contributed by atoms with van der Waals surface area (Å²) in [5, 5.41) is 5.78. The third kappa shape index (κ3) is 5.96.